The molecule has 5 heterocycles. The predicted octanol–water partition coefficient (Wildman–Crippen LogP) is 12.0. The smallest absolute Gasteiger partial charge is 0.333 e. The number of para-hydroxylation sites is 4. The van der Waals surface area contributed by atoms with Gasteiger partial charge in [-0.1, -0.05) is 164 Å². The monoisotopic (exact) mass is 722 g/mol. The SMILES string of the molecule is c1ccc(C2(c3ccccc3)c3ccccc3N3c4c(cccc42)B2c4c(cc5oc6ccccc6c5c43)-c3cccc4c5c6ccccc6ccc5n2c34)cc1. The van der Waals surface area contributed by atoms with Crippen LogP contribution in [0.4, 0.5) is 17.1 Å². The molecule has 4 heteroatoms. The molecule has 0 aliphatic carbocycles. The second-order valence-electron chi connectivity index (χ2n) is 15.9. The predicted molar refractivity (Wildman–Crippen MR) is 237 cm³/mol. The van der Waals surface area contributed by atoms with Crippen LogP contribution in [0.3, 0.4) is 0 Å². The standard InChI is InChI=1S/C53H31BN2O/c1-3-16-33(17-4-1)53(34-18-5-2-6-19-34)40-24-10-11-27-43(40)55-51-41(53)25-14-26-42(51)54-49-39(31-46-48(52(49)55)37-21-9-12-28-45(37)57-46)36-22-13-23-38-47-35-20-8-7-15-32(35)29-30-44(47)56(54)50(36)38/h1-31H. The molecule has 0 spiro atoms. The van der Waals surface area contributed by atoms with Crippen molar-refractivity contribution < 1.29 is 4.42 Å². The van der Waals surface area contributed by atoms with Crippen LogP contribution in [0.5, 0.6) is 0 Å². The summed E-state index contributed by atoms with van der Waals surface area (Å²) in [5.41, 5.74) is 17.6. The van der Waals surface area contributed by atoms with E-state index in [1.54, 1.807) is 0 Å². The molecule has 3 aliphatic rings. The van der Waals surface area contributed by atoms with Gasteiger partial charge in [0.05, 0.1) is 22.2 Å². The van der Waals surface area contributed by atoms with Crippen molar-refractivity contribution in [3.63, 3.8) is 0 Å². The average Bonchev–Trinajstić information content (AvgIpc) is 3.83. The molecule has 0 atom stereocenters. The van der Waals surface area contributed by atoms with E-state index in [1.807, 2.05) is 0 Å². The van der Waals surface area contributed by atoms with Crippen molar-refractivity contribution in [2.24, 2.45) is 0 Å². The number of fused-ring (bicyclic) bond motifs is 15. The summed E-state index contributed by atoms with van der Waals surface area (Å²) in [5, 5.41) is 7.45. The van der Waals surface area contributed by atoms with Crippen molar-refractivity contribution in [3.8, 4) is 11.1 Å². The third-order valence-electron chi connectivity index (χ3n) is 13.4. The average molecular weight is 723 g/mol. The number of hydrogen-bond acceptors (Lipinski definition) is 2. The van der Waals surface area contributed by atoms with E-state index in [2.05, 4.69) is 197 Å². The number of rotatable bonds is 2. The lowest BCUT2D eigenvalue weighted by Gasteiger charge is -2.50. The van der Waals surface area contributed by atoms with Crippen LogP contribution in [0.2, 0.25) is 0 Å². The highest BCUT2D eigenvalue weighted by molar-refractivity contribution is 6.90. The number of hydrogen-bond donors (Lipinski definition) is 0. The van der Waals surface area contributed by atoms with E-state index < -0.39 is 5.41 Å². The molecule has 9 aromatic carbocycles. The Bertz CT molecular complexity index is 3500. The van der Waals surface area contributed by atoms with E-state index in [0.29, 0.717) is 0 Å². The fourth-order valence-electron chi connectivity index (χ4n) is 11.4. The summed E-state index contributed by atoms with van der Waals surface area (Å²) in [6.45, 7) is -0.0927. The molecule has 0 bridgehead atoms. The minimum absolute atomic E-state index is 0.0927. The van der Waals surface area contributed by atoms with Crippen LogP contribution in [0.25, 0.3) is 65.6 Å². The first-order valence-corrected chi connectivity index (χ1v) is 19.9. The minimum Gasteiger partial charge on any atom is -0.456 e. The van der Waals surface area contributed by atoms with Gasteiger partial charge in [-0.2, -0.15) is 0 Å². The highest BCUT2D eigenvalue weighted by Gasteiger charge is 2.52. The number of furan rings is 1. The number of aromatic nitrogens is 1. The molecule has 0 unspecified atom stereocenters. The van der Waals surface area contributed by atoms with Gasteiger partial charge in [-0.15, -0.1) is 0 Å². The first-order valence-electron chi connectivity index (χ1n) is 19.9. The molecule has 0 saturated carbocycles. The Balaban J connectivity index is 1.24. The van der Waals surface area contributed by atoms with Crippen molar-refractivity contribution in [2.75, 3.05) is 4.90 Å². The zero-order chi connectivity index (χ0) is 37.0. The topological polar surface area (TPSA) is 21.3 Å². The Morgan fingerprint density at radius 3 is 2.00 bits per heavy atom. The van der Waals surface area contributed by atoms with Gasteiger partial charge in [-0.05, 0) is 73.8 Å². The van der Waals surface area contributed by atoms with Crippen molar-refractivity contribution in [2.45, 2.75) is 5.41 Å². The van der Waals surface area contributed by atoms with Gasteiger partial charge in [-0.25, -0.2) is 0 Å². The van der Waals surface area contributed by atoms with Gasteiger partial charge in [0.2, 0.25) is 0 Å². The number of benzene rings is 9. The second kappa shape index (κ2) is 10.5. The lowest BCUT2D eigenvalue weighted by atomic mass is 9.43. The summed E-state index contributed by atoms with van der Waals surface area (Å²) in [6, 6.07) is 69.9. The molecule has 11 aromatic rings. The lowest BCUT2D eigenvalue weighted by molar-refractivity contribution is 0.669. The molecule has 57 heavy (non-hydrogen) atoms. The maximum atomic E-state index is 6.88. The third-order valence-corrected chi connectivity index (χ3v) is 13.4. The fourth-order valence-corrected chi connectivity index (χ4v) is 11.4. The van der Waals surface area contributed by atoms with Crippen LogP contribution in [-0.2, 0) is 5.41 Å². The number of nitrogens with zero attached hydrogens (tertiary/aromatic N) is 2. The zero-order valence-electron chi connectivity index (χ0n) is 30.8. The van der Waals surface area contributed by atoms with Gasteiger partial charge in [0.15, 0.2) is 0 Å². The molecule has 14 rings (SSSR count). The van der Waals surface area contributed by atoms with Crippen LogP contribution in [0.15, 0.2) is 192 Å². The van der Waals surface area contributed by atoms with E-state index in [1.165, 1.54) is 93.9 Å². The summed E-state index contributed by atoms with van der Waals surface area (Å²) < 4.78 is 9.57. The van der Waals surface area contributed by atoms with Gasteiger partial charge in [-0.3, -0.25) is 0 Å². The van der Waals surface area contributed by atoms with Crippen LogP contribution in [0.1, 0.15) is 22.3 Å². The number of anilines is 3. The molecular formula is C53H31BN2O. The maximum absolute atomic E-state index is 6.88. The van der Waals surface area contributed by atoms with E-state index in [4.69, 9.17) is 4.42 Å². The van der Waals surface area contributed by atoms with Crippen LogP contribution in [0, 0.1) is 0 Å². The van der Waals surface area contributed by atoms with Crippen LogP contribution < -0.4 is 15.8 Å². The van der Waals surface area contributed by atoms with Crippen molar-refractivity contribution >= 4 is 89.4 Å². The molecule has 0 fully saturated rings. The molecule has 0 radical (unpaired) electrons. The molecule has 3 aliphatic heterocycles. The largest absolute Gasteiger partial charge is 0.456 e. The van der Waals surface area contributed by atoms with E-state index in [0.717, 1.165) is 21.9 Å². The van der Waals surface area contributed by atoms with E-state index in [-0.39, 0.29) is 6.85 Å². The molecule has 0 saturated heterocycles. The second-order valence-corrected chi connectivity index (χ2v) is 15.9. The van der Waals surface area contributed by atoms with Crippen molar-refractivity contribution in [1.82, 2.24) is 4.48 Å². The van der Waals surface area contributed by atoms with Gasteiger partial charge in [0.25, 0.3) is 0 Å². The van der Waals surface area contributed by atoms with Crippen LogP contribution in [-0.4, -0.2) is 11.3 Å². The first kappa shape index (κ1) is 30.0. The maximum Gasteiger partial charge on any atom is 0.333 e. The quantitative estimate of drug-likeness (QED) is 0.166. The molecule has 0 amide bonds. The van der Waals surface area contributed by atoms with Gasteiger partial charge < -0.3 is 13.8 Å². The molecule has 2 aromatic heterocycles. The minimum atomic E-state index is -0.579. The summed E-state index contributed by atoms with van der Waals surface area (Å²) in [7, 11) is 0. The summed E-state index contributed by atoms with van der Waals surface area (Å²) in [6.07, 6.45) is 0. The molecule has 262 valence electrons. The lowest BCUT2D eigenvalue weighted by Crippen LogP contribution is -2.58. The summed E-state index contributed by atoms with van der Waals surface area (Å²) in [4.78, 5) is 2.62. The fraction of sp³-hybridized carbons (Fsp3) is 0.0189. The Morgan fingerprint density at radius 1 is 0.474 bits per heavy atom. The van der Waals surface area contributed by atoms with Gasteiger partial charge in [0.1, 0.15) is 11.2 Å². The molecule has 0 N–H and O–H groups in total. The van der Waals surface area contributed by atoms with Crippen molar-refractivity contribution in [3.05, 3.63) is 210 Å². The highest BCUT2D eigenvalue weighted by atomic mass is 16.3. The van der Waals surface area contributed by atoms with E-state index in [9.17, 15) is 0 Å². The van der Waals surface area contributed by atoms with Gasteiger partial charge in [0, 0.05) is 38.4 Å². The Hall–Kier alpha value is -7.30. The van der Waals surface area contributed by atoms with Gasteiger partial charge >= 0.3 is 6.85 Å². The highest BCUT2D eigenvalue weighted by Crippen LogP contribution is 2.60. The Labute approximate surface area is 328 Å². The van der Waals surface area contributed by atoms with Crippen molar-refractivity contribution in [1.29, 1.82) is 0 Å². The summed E-state index contributed by atoms with van der Waals surface area (Å²) >= 11 is 0. The first-order chi connectivity index (χ1) is 28.3. The van der Waals surface area contributed by atoms with E-state index >= 15 is 0 Å². The zero-order valence-corrected chi connectivity index (χ0v) is 30.8. The normalized spacial score (nSPS) is 14.4. The third kappa shape index (κ3) is 3.48. The van der Waals surface area contributed by atoms with Crippen LogP contribution >= 0.6 is 0 Å². The molecule has 3 nitrogen and oxygen atoms in total. The Morgan fingerprint density at radius 2 is 1.16 bits per heavy atom. The Kier molecular flexibility index (Phi) is 5.53. The molecular weight excluding hydrogens is 691 g/mol. The summed E-state index contributed by atoms with van der Waals surface area (Å²) in [5.74, 6) is 0.